The highest BCUT2D eigenvalue weighted by atomic mass is 35.5. The Kier molecular flexibility index (Phi) is 4.87. The molecule has 1 aromatic heterocycles. The third-order valence-corrected chi connectivity index (χ3v) is 5.03. The molecule has 0 bridgehead atoms. The molecule has 1 amide bonds. The molecule has 19 heavy (non-hydrogen) atoms. The molecule has 0 spiro atoms. The molecule has 3 nitrogen and oxygen atoms in total. The number of amides is 1. The molecule has 1 fully saturated rings. The van der Waals surface area contributed by atoms with Crippen LogP contribution in [0.3, 0.4) is 0 Å². The van der Waals surface area contributed by atoms with Gasteiger partial charge >= 0.3 is 0 Å². The number of rotatable bonds is 5. The second kappa shape index (κ2) is 6.25. The molecular weight excluding hydrogens is 280 g/mol. The number of halogens is 1. The van der Waals surface area contributed by atoms with Gasteiger partial charge in [0.2, 0.25) is 5.91 Å². The first kappa shape index (κ1) is 14.8. The fourth-order valence-corrected chi connectivity index (χ4v) is 3.77. The van der Waals surface area contributed by atoms with Crippen molar-refractivity contribution in [3.05, 3.63) is 21.3 Å². The smallest absolute Gasteiger partial charge is 0.224 e. The number of hydrogen-bond donors (Lipinski definition) is 1. The summed E-state index contributed by atoms with van der Waals surface area (Å²) < 4.78 is 0.768. The van der Waals surface area contributed by atoms with Crippen LogP contribution in [0.15, 0.2) is 12.1 Å². The average molecular weight is 301 g/mol. The van der Waals surface area contributed by atoms with Crippen LogP contribution in [0.2, 0.25) is 4.34 Å². The lowest BCUT2D eigenvalue weighted by Gasteiger charge is -2.27. The van der Waals surface area contributed by atoms with Gasteiger partial charge < -0.3 is 10.6 Å². The van der Waals surface area contributed by atoms with Crippen LogP contribution < -0.4 is 5.73 Å². The minimum absolute atomic E-state index is 0.163. The van der Waals surface area contributed by atoms with E-state index in [0.29, 0.717) is 19.5 Å². The van der Waals surface area contributed by atoms with E-state index in [-0.39, 0.29) is 11.4 Å². The second-order valence-corrected chi connectivity index (χ2v) is 7.16. The highest BCUT2D eigenvalue weighted by molar-refractivity contribution is 7.16. The van der Waals surface area contributed by atoms with E-state index in [0.717, 1.165) is 34.9 Å². The van der Waals surface area contributed by atoms with Gasteiger partial charge in [0.15, 0.2) is 0 Å². The number of thiophene rings is 1. The predicted octanol–water partition coefficient (Wildman–Crippen LogP) is 3.41. The van der Waals surface area contributed by atoms with E-state index >= 15 is 0 Å². The minimum atomic E-state index is -0.266. The van der Waals surface area contributed by atoms with Gasteiger partial charge in [-0.15, -0.1) is 11.3 Å². The van der Waals surface area contributed by atoms with Gasteiger partial charge in [0.25, 0.3) is 0 Å². The fourth-order valence-electron chi connectivity index (χ4n) is 2.67. The van der Waals surface area contributed by atoms with Crippen molar-refractivity contribution in [2.24, 2.45) is 5.73 Å². The van der Waals surface area contributed by atoms with Gasteiger partial charge in [-0.1, -0.05) is 24.4 Å². The molecule has 0 aromatic carbocycles. The number of nitrogens with two attached hydrogens (primary N) is 1. The van der Waals surface area contributed by atoms with E-state index in [2.05, 4.69) is 0 Å². The zero-order chi connectivity index (χ0) is 13.9. The van der Waals surface area contributed by atoms with Gasteiger partial charge in [-0.3, -0.25) is 4.79 Å². The highest BCUT2D eigenvalue weighted by Gasteiger charge is 2.33. The van der Waals surface area contributed by atoms with Crippen molar-refractivity contribution in [1.82, 2.24) is 4.90 Å². The third kappa shape index (κ3) is 3.94. The van der Waals surface area contributed by atoms with E-state index in [1.165, 1.54) is 11.3 Å². The molecule has 5 heteroatoms. The second-order valence-electron chi connectivity index (χ2n) is 5.36. The van der Waals surface area contributed by atoms with Gasteiger partial charge in [0, 0.05) is 23.4 Å². The first-order valence-corrected chi connectivity index (χ1v) is 8.03. The summed E-state index contributed by atoms with van der Waals surface area (Å²) in [4.78, 5) is 15.4. The Balaban J connectivity index is 1.95. The Morgan fingerprint density at radius 2 is 2.16 bits per heavy atom. The summed E-state index contributed by atoms with van der Waals surface area (Å²) in [6.07, 6.45) is 4.72. The van der Waals surface area contributed by atoms with Crippen LogP contribution in [0, 0.1) is 0 Å². The number of nitrogens with zero attached hydrogens (tertiary/aromatic N) is 1. The Morgan fingerprint density at radius 1 is 1.47 bits per heavy atom. The van der Waals surface area contributed by atoms with Gasteiger partial charge in [-0.25, -0.2) is 0 Å². The van der Waals surface area contributed by atoms with Crippen molar-refractivity contribution in [3.8, 4) is 0 Å². The van der Waals surface area contributed by atoms with Crippen LogP contribution in [0.1, 0.15) is 43.9 Å². The molecule has 0 saturated heterocycles. The van der Waals surface area contributed by atoms with Gasteiger partial charge in [0.05, 0.1) is 10.9 Å². The molecule has 0 radical (unpaired) electrons. The summed E-state index contributed by atoms with van der Waals surface area (Å²) in [7, 11) is 0. The normalized spacial score (nSPS) is 17.6. The Hall–Kier alpha value is -0.580. The summed E-state index contributed by atoms with van der Waals surface area (Å²) >= 11 is 7.45. The summed E-state index contributed by atoms with van der Waals surface area (Å²) in [5.74, 6) is 0.163. The SMILES string of the molecule is CCN(Cc1ccc(Cl)s1)C(=O)CC1(N)CCCC1. The van der Waals surface area contributed by atoms with Gasteiger partial charge in [-0.05, 0) is 31.9 Å². The molecule has 2 rings (SSSR count). The van der Waals surface area contributed by atoms with Crippen LogP contribution >= 0.6 is 22.9 Å². The average Bonchev–Trinajstić information content (AvgIpc) is 2.95. The molecule has 1 aliphatic rings. The molecular formula is C14H21ClN2OS. The molecule has 1 saturated carbocycles. The van der Waals surface area contributed by atoms with Crippen LogP contribution in [0.4, 0.5) is 0 Å². The largest absolute Gasteiger partial charge is 0.338 e. The van der Waals surface area contributed by atoms with Crippen molar-refractivity contribution in [2.45, 2.75) is 51.1 Å². The van der Waals surface area contributed by atoms with Crippen molar-refractivity contribution in [3.63, 3.8) is 0 Å². The Bertz CT molecular complexity index is 440. The third-order valence-electron chi connectivity index (χ3n) is 3.81. The lowest BCUT2D eigenvalue weighted by Crippen LogP contribution is -2.43. The highest BCUT2D eigenvalue weighted by Crippen LogP contribution is 2.31. The molecule has 1 aliphatic carbocycles. The summed E-state index contributed by atoms with van der Waals surface area (Å²) in [5, 5.41) is 0. The Morgan fingerprint density at radius 3 is 2.68 bits per heavy atom. The molecule has 106 valence electrons. The molecule has 1 aromatic rings. The van der Waals surface area contributed by atoms with Gasteiger partial charge in [0.1, 0.15) is 0 Å². The van der Waals surface area contributed by atoms with Crippen LogP contribution in [-0.4, -0.2) is 22.9 Å². The lowest BCUT2D eigenvalue weighted by molar-refractivity contribution is -0.132. The summed E-state index contributed by atoms with van der Waals surface area (Å²) in [6, 6.07) is 3.86. The van der Waals surface area contributed by atoms with Gasteiger partial charge in [-0.2, -0.15) is 0 Å². The van der Waals surface area contributed by atoms with Crippen LogP contribution in [-0.2, 0) is 11.3 Å². The monoisotopic (exact) mass is 300 g/mol. The minimum Gasteiger partial charge on any atom is -0.338 e. The van der Waals surface area contributed by atoms with Crippen LogP contribution in [0.25, 0.3) is 0 Å². The number of hydrogen-bond acceptors (Lipinski definition) is 3. The maximum Gasteiger partial charge on any atom is 0.224 e. The molecule has 1 heterocycles. The topological polar surface area (TPSA) is 46.3 Å². The van der Waals surface area contributed by atoms with Crippen molar-refractivity contribution < 1.29 is 4.79 Å². The predicted molar refractivity (Wildman–Crippen MR) is 80.4 cm³/mol. The maximum absolute atomic E-state index is 12.4. The van der Waals surface area contributed by atoms with Crippen molar-refractivity contribution >= 4 is 28.8 Å². The van der Waals surface area contributed by atoms with E-state index in [1.54, 1.807) is 0 Å². The molecule has 0 unspecified atom stereocenters. The van der Waals surface area contributed by atoms with E-state index < -0.39 is 0 Å². The first-order chi connectivity index (χ1) is 9.02. The zero-order valence-electron chi connectivity index (χ0n) is 11.3. The van der Waals surface area contributed by atoms with Crippen LogP contribution in [0.5, 0.6) is 0 Å². The maximum atomic E-state index is 12.4. The quantitative estimate of drug-likeness (QED) is 0.906. The lowest BCUT2D eigenvalue weighted by atomic mass is 9.94. The Labute approximate surface area is 123 Å². The van der Waals surface area contributed by atoms with E-state index in [1.807, 2.05) is 24.0 Å². The van der Waals surface area contributed by atoms with E-state index in [4.69, 9.17) is 17.3 Å². The zero-order valence-corrected chi connectivity index (χ0v) is 12.9. The van der Waals surface area contributed by atoms with Crippen molar-refractivity contribution in [2.75, 3.05) is 6.54 Å². The van der Waals surface area contributed by atoms with E-state index in [9.17, 15) is 4.79 Å². The van der Waals surface area contributed by atoms with Crippen molar-refractivity contribution in [1.29, 1.82) is 0 Å². The first-order valence-electron chi connectivity index (χ1n) is 6.83. The number of carbonyl (C=O) groups excluding carboxylic acids is 1. The molecule has 0 atom stereocenters. The molecule has 2 N–H and O–H groups in total. The number of carbonyl (C=O) groups is 1. The fraction of sp³-hybridized carbons (Fsp3) is 0.643. The standard InChI is InChI=1S/C14H21ClN2OS/c1-2-17(10-11-5-6-12(15)19-11)13(18)9-14(16)7-3-4-8-14/h5-6H,2-4,7-10,16H2,1H3. The molecule has 0 aliphatic heterocycles. The summed E-state index contributed by atoms with van der Waals surface area (Å²) in [6.45, 7) is 3.36. The summed E-state index contributed by atoms with van der Waals surface area (Å²) in [5.41, 5.74) is 6.02.